The quantitative estimate of drug-likeness (QED) is 0.604. The molecule has 0 unspecified atom stereocenters. The first-order valence-electron chi connectivity index (χ1n) is 5.91. The maximum absolute atomic E-state index is 12.6. The Hall–Kier alpha value is -2.01. The molecule has 0 saturated heterocycles. The summed E-state index contributed by atoms with van der Waals surface area (Å²) < 4.78 is 40.7. The molecule has 0 N–H and O–H groups in total. The molecule has 102 valence electrons. The highest BCUT2D eigenvalue weighted by atomic mass is 28.2. The van der Waals surface area contributed by atoms with Gasteiger partial charge in [-0.1, -0.05) is 53.2 Å². The molecule has 0 aromatic heterocycles. The summed E-state index contributed by atoms with van der Waals surface area (Å²) in [6.07, 6.45) is -2.46. The molecule has 0 fully saturated rings. The first-order valence-corrected chi connectivity index (χ1v) is 7.12. The summed E-state index contributed by atoms with van der Waals surface area (Å²) in [5, 5.41) is 1.06. The Morgan fingerprint density at radius 2 is 1.55 bits per heavy atom. The summed E-state index contributed by atoms with van der Waals surface area (Å²) in [4.78, 5) is 0. The van der Waals surface area contributed by atoms with E-state index in [1.165, 1.54) is 17.7 Å². The smallest absolute Gasteiger partial charge is 0.344 e. The molecule has 0 spiro atoms. The fourth-order valence-corrected chi connectivity index (χ4v) is 2.63. The van der Waals surface area contributed by atoms with Crippen LogP contribution in [0.2, 0.25) is 0 Å². The minimum absolute atomic E-state index is 0.0589. The van der Waals surface area contributed by atoms with Gasteiger partial charge in [0.15, 0.2) is 0 Å². The third-order valence-corrected chi connectivity index (χ3v) is 3.88. The van der Waals surface area contributed by atoms with Crippen LogP contribution in [0.15, 0.2) is 66.7 Å². The van der Waals surface area contributed by atoms with Crippen LogP contribution in [-0.2, 0) is 6.04 Å². The van der Waals surface area contributed by atoms with Gasteiger partial charge in [0.05, 0.1) is 9.52 Å². The molecule has 2 aromatic rings. The van der Waals surface area contributed by atoms with Crippen LogP contribution in [0.1, 0.15) is 5.56 Å². The van der Waals surface area contributed by atoms with Crippen molar-refractivity contribution in [1.82, 2.24) is 0 Å². The summed E-state index contributed by atoms with van der Waals surface area (Å²) in [6, 6.07) is 15.5. The van der Waals surface area contributed by atoms with Crippen molar-refractivity contribution in [2.24, 2.45) is 0 Å². The van der Waals surface area contributed by atoms with Gasteiger partial charge in [-0.05, 0) is 18.2 Å². The van der Waals surface area contributed by atoms with Crippen molar-refractivity contribution in [2.45, 2.75) is 6.04 Å². The summed E-state index contributed by atoms with van der Waals surface area (Å²) in [5.41, 5.74) is 1.24. The maximum atomic E-state index is 12.6. The van der Waals surface area contributed by atoms with Crippen molar-refractivity contribution < 1.29 is 17.9 Å². The van der Waals surface area contributed by atoms with E-state index in [1.54, 1.807) is 12.1 Å². The van der Waals surface area contributed by atoms with E-state index < -0.39 is 12.1 Å². The molecule has 0 aliphatic carbocycles. The Morgan fingerprint density at radius 3 is 2.15 bits per heavy atom. The fourth-order valence-electron chi connectivity index (χ4n) is 1.58. The number of rotatable bonds is 5. The van der Waals surface area contributed by atoms with E-state index >= 15 is 0 Å². The zero-order valence-corrected chi connectivity index (χ0v) is 11.4. The van der Waals surface area contributed by atoms with Crippen molar-refractivity contribution >= 4 is 14.7 Å². The van der Waals surface area contributed by atoms with E-state index in [0.717, 1.165) is 11.2 Å². The average molecular weight is 292 g/mol. The van der Waals surface area contributed by atoms with Gasteiger partial charge >= 0.3 is 12.1 Å². The lowest BCUT2D eigenvalue weighted by Gasteiger charge is -2.04. The van der Waals surface area contributed by atoms with Crippen molar-refractivity contribution in [1.29, 1.82) is 0 Å². The third kappa shape index (κ3) is 4.27. The summed E-state index contributed by atoms with van der Waals surface area (Å²) >= 11 is 0. The van der Waals surface area contributed by atoms with Crippen LogP contribution in [0.25, 0.3) is 0 Å². The van der Waals surface area contributed by atoms with Gasteiger partial charge in [0.1, 0.15) is 5.75 Å². The highest BCUT2D eigenvalue weighted by Gasteiger charge is 2.07. The van der Waals surface area contributed by atoms with Gasteiger partial charge < -0.3 is 4.74 Å². The van der Waals surface area contributed by atoms with Crippen LogP contribution < -0.4 is 9.92 Å². The zero-order valence-electron chi connectivity index (χ0n) is 10.4. The second-order valence-electron chi connectivity index (χ2n) is 4.00. The lowest BCUT2D eigenvalue weighted by molar-refractivity contribution is 0.241. The van der Waals surface area contributed by atoms with Crippen LogP contribution in [0.5, 0.6) is 5.75 Å². The van der Waals surface area contributed by atoms with E-state index in [9.17, 15) is 13.2 Å². The van der Waals surface area contributed by atoms with Crippen LogP contribution in [0, 0.1) is 0 Å². The van der Waals surface area contributed by atoms with Crippen molar-refractivity contribution in [3.8, 4) is 5.75 Å². The van der Waals surface area contributed by atoms with E-state index in [2.05, 4.69) is 16.9 Å². The Labute approximate surface area is 117 Å². The number of hydrogen-bond acceptors (Lipinski definition) is 1. The predicted octanol–water partition coefficient (Wildman–Crippen LogP) is 3.63. The van der Waals surface area contributed by atoms with Gasteiger partial charge in [0.25, 0.3) is 0 Å². The lowest BCUT2D eigenvalue weighted by Crippen LogP contribution is -2.16. The number of ether oxygens (including phenoxy) is 1. The fraction of sp³-hybridized carbons (Fsp3) is 0.0667. The first-order chi connectivity index (χ1) is 9.65. The molecule has 0 amide bonds. The van der Waals surface area contributed by atoms with Crippen molar-refractivity contribution in [3.63, 3.8) is 0 Å². The minimum atomic E-state index is -2.46. The van der Waals surface area contributed by atoms with Crippen LogP contribution in [0.3, 0.4) is 0 Å². The van der Waals surface area contributed by atoms with Crippen molar-refractivity contribution in [3.05, 3.63) is 72.3 Å². The Balaban J connectivity index is 1.93. The van der Waals surface area contributed by atoms with Gasteiger partial charge in [-0.2, -0.15) is 13.2 Å². The number of hydrogen-bond donors (Lipinski definition) is 0. The first kappa shape index (κ1) is 14.4. The van der Waals surface area contributed by atoms with Crippen molar-refractivity contribution in [2.75, 3.05) is 0 Å². The van der Waals surface area contributed by atoms with Gasteiger partial charge in [-0.3, -0.25) is 0 Å². The Kier molecular flexibility index (Phi) is 5.01. The molecule has 0 heterocycles. The number of benzene rings is 2. The van der Waals surface area contributed by atoms with Gasteiger partial charge in [-0.25, -0.2) is 0 Å². The molecule has 0 atom stereocenters. The van der Waals surface area contributed by atoms with Gasteiger partial charge in [-0.15, -0.1) is 0 Å². The minimum Gasteiger partial charge on any atom is -0.428 e. The molecule has 2 rings (SSSR count). The molecule has 2 aromatic carbocycles. The standard InChI is InChI=1S/C15H11F3OSi/c16-14(17)15(18)19-12-6-8-13(9-7-12)20-10-11-4-2-1-3-5-11/h1-9H,10H2. The molecular formula is C15H11F3OSi. The second kappa shape index (κ2) is 6.95. The molecule has 5 heteroatoms. The van der Waals surface area contributed by atoms with E-state index in [4.69, 9.17) is 0 Å². The van der Waals surface area contributed by atoms with Gasteiger partial charge in [0.2, 0.25) is 0 Å². The SMILES string of the molecule is FC(F)=C(F)Oc1ccc([Si]Cc2ccccc2)cc1. The van der Waals surface area contributed by atoms with E-state index in [-0.39, 0.29) is 5.75 Å². The van der Waals surface area contributed by atoms with Crippen LogP contribution in [0.4, 0.5) is 13.2 Å². The normalized spacial score (nSPS) is 10.2. The molecule has 1 nitrogen and oxygen atoms in total. The lowest BCUT2D eigenvalue weighted by atomic mass is 10.2. The second-order valence-corrected chi connectivity index (χ2v) is 5.28. The summed E-state index contributed by atoms with van der Waals surface area (Å²) in [5.74, 6) is 0.0589. The monoisotopic (exact) mass is 292 g/mol. The Bertz CT molecular complexity index is 578. The molecule has 20 heavy (non-hydrogen) atoms. The average Bonchev–Trinajstić information content (AvgIpc) is 2.47. The Morgan fingerprint density at radius 1 is 0.900 bits per heavy atom. The van der Waals surface area contributed by atoms with Gasteiger partial charge in [0, 0.05) is 0 Å². The highest BCUT2D eigenvalue weighted by molar-refractivity contribution is 6.52. The number of halogens is 3. The molecule has 0 aliphatic heterocycles. The highest BCUT2D eigenvalue weighted by Crippen LogP contribution is 2.16. The van der Waals surface area contributed by atoms with Crippen LogP contribution >= 0.6 is 0 Å². The topological polar surface area (TPSA) is 9.23 Å². The molecular weight excluding hydrogens is 281 g/mol. The third-order valence-electron chi connectivity index (χ3n) is 2.55. The maximum Gasteiger partial charge on any atom is 0.344 e. The molecule has 2 radical (unpaired) electrons. The van der Waals surface area contributed by atoms with Crippen LogP contribution in [-0.4, -0.2) is 9.52 Å². The molecule has 0 aliphatic rings. The summed E-state index contributed by atoms with van der Waals surface area (Å²) in [6.45, 7) is 0. The molecule has 0 bridgehead atoms. The van der Waals surface area contributed by atoms with E-state index in [0.29, 0.717) is 9.52 Å². The molecule has 0 saturated carbocycles. The largest absolute Gasteiger partial charge is 0.428 e. The predicted molar refractivity (Wildman–Crippen MR) is 73.0 cm³/mol. The summed E-state index contributed by atoms with van der Waals surface area (Å²) in [7, 11) is 0.560. The zero-order chi connectivity index (χ0) is 14.4. The van der Waals surface area contributed by atoms with E-state index in [1.807, 2.05) is 18.2 Å².